The highest BCUT2D eigenvalue weighted by Crippen LogP contribution is 2.27. The number of carbonyl (C=O) groups is 1. The van der Waals surface area contributed by atoms with Gasteiger partial charge in [0.05, 0.1) is 6.54 Å². The minimum atomic E-state index is 0. The molecule has 0 bridgehead atoms. The molecule has 5 nitrogen and oxygen atoms in total. The van der Waals surface area contributed by atoms with Crippen LogP contribution in [-0.2, 0) is 17.8 Å². The Kier molecular flexibility index (Phi) is 7.71. The van der Waals surface area contributed by atoms with Crippen LogP contribution in [0.25, 0.3) is 0 Å². The summed E-state index contributed by atoms with van der Waals surface area (Å²) in [6.07, 6.45) is 0.906. The fraction of sp³-hybridized carbons (Fsp3) is 0.263. The van der Waals surface area contributed by atoms with Gasteiger partial charge in [-0.05, 0) is 35.7 Å². The van der Waals surface area contributed by atoms with E-state index in [1.807, 2.05) is 47.4 Å². The van der Waals surface area contributed by atoms with Gasteiger partial charge in [-0.3, -0.25) is 9.79 Å². The average Bonchev–Trinajstić information content (AvgIpc) is 3.06. The van der Waals surface area contributed by atoms with Crippen molar-refractivity contribution in [3.63, 3.8) is 0 Å². The molecule has 1 aliphatic rings. The standard InChI is InChI=1S/C19H21ClN4O.HI/c1-21-19(22-12-14-5-4-7-16(20)11-14)23-13-18(25)24-10-9-15-6-2-3-8-17(15)24;/h2-8,11H,9-10,12-13H2,1H3,(H2,21,22,23);1H. The summed E-state index contributed by atoms with van der Waals surface area (Å²) in [5.74, 6) is 0.622. The van der Waals surface area contributed by atoms with Crippen LogP contribution >= 0.6 is 35.6 Å². The Balaban J connectivity index is 0.00000243. The number of aliphatic imine (C=N–C) groups is 1. The van der Waals surface area contributed by atoms with Crippen molar-refractivity contribution in [3.05, 3.63) is 64.7 Å². The first-order chi connectivity index (χ1) is 12.2. The maximum absolute atomic E-state index is 12.5. The molecule has 0 aliphatic carbocycles. The Hall–Kier alpha value is -1.80. The monoisotopic (exact) mass is 484 g/mol. The molecule has 0 radical (unpaired) electrons. The highest BCUT2D eigenvalue weighted by atomic mass is 127. The molecule has 3 rings (SSSR count). The number of carbonyl (C=O) groups excluding carboxylic acids is 1. The van der Waals surface area contributed by atoms with E-state index < -0.39 is 0 Å². The first-order valence-electron chi connectivity index (χ1n) is 8.24. The Morgan fingerprint density at radius 1 is 1.19 bits per heavy atom. The third-order valence-corrected chi connectivity index (χ3v) is 4.40. The Morgan fingerprint density at radius 3 is 2.77 bits per heavy atom. The van der Waals surface area contributed by atoms with Crippen LogP contribution in [0.2, 0.25) is 5.02 Å². The number of guanidine groups is 1. The van der Waals surface area contributed by atoms with Crippen molar-refractivity contribution in [2.75, 3.05) is 25.0 Å². The maximum Gasteiger partial charge on any atom is 0.246 e. The predicted molar refractivity (Wildman–Crippen MR) is 118 cm³/mol. The van der Waals surface area contributed by atoms with Gasteiger partial charge < -0.3 is 15.5 Å². The molecule has 0 saturated heterocycles. The summed E-state index contributed by atoms with van der Waals surface area (Å²) in [6.45, 7) is 1.51. The van der Waals surface area contributed by atoms with Crippen LogP contribution in [0.3, 0.4) is 0 Å². The lowest BCUT2D eigenvalue weighted by molar-refractivity contribution is -0.117. The lowest BCUT2D eigenvalue weighted by Crippen LogP contribution is -2.44. The van der Waals surface area contributed by atoms with Gasteiger partial charge in [0.25, 0.3) is 0 Å². The Morgan fingerprint density at radius 2 is 2.00 bits per heavy atom. The van der Waals surface area contributed by atoms with Crippen molar-refractivity contribution in [1.29, 1.82) is 0 Å². The molecule has 138 valence electrons. The largest absolute Gasteiger partial charge is 0.352 e. The number of fused-ring (bicyclic) bond motifs is 1. The van der Waals surface area contributed by atoms with E-state index in [4.69, 9.17) is 11.6 Å². The minimum Gasteiger partial charge on any atom is -0.352 e. The smallest absolute Gasteiger partial charge is 0.246 e. The Bertz CT molecular complexity index is 797. The second-order valence-electron chi connectivity index (χ2n) is 5.83. The van der Waals surface area contributed by atoms with E-state index in [0.29, 0.717) is 17.5 Å². The van der Waals surface area contributed by atoms with E-state index in [1.165, 1.54) is 5.56 Å². The van der Waals surface area contributed by atoms with Crippen molar-refractivity contribution in [2.24, 2.45) is 4.99 Å². The topological polar surface area (TPSA) is 56.7 Å². The summed E-state index contributed by atoms with van der Waals surface area (Å²) in [4.78, 5) is 18.5. The first kappa shape index (κ1) is 20.5. The fourth-order valence-corrected chi connectivity index (χ4v) is 3.12. The molecule has 0 aromatic heterocycles. The number of hydrogen-bond acceptors (Lipinski definition) is 2. The molecule has 7 heteroatoms. The van der Waals surface area contributed by atoms with E-state index in [0.717, 1.165) is 24.2 Å². The highest BCUT2D eigenvalue weighted by Gasteiger charge is 2.23. The number of anilines is 1. The van der Waals surface area contributed by atoms with Crippen LogP contribution in [0.1, 0.15) is 11.1 Å². The summed E-state index contributed by atoms with van der Waals surface area (Å²) in [5, 5.41) is 6.96. The van der Waals surface area contributed by atoms with Gasteiger partial charge in [-0.1, -0.05) is 41.9 Å². The van der Waals surface area contributed by atoms with E-state index >= 15 is 0 Å². The molecule has 1 amide bonds. The third-order valence-electron chi connectivity index (χ3n) is 4.17. The number of halogens is 2. The molecule has 1 heterocycles. The SMILES string of the molecule is CN=C(NCC(=O)N1CCc2ccccc21)NCc1cccc(Cl)c1.I. The second kappa shape index (κ2) is 9.78. The average molecular weight is 485 g/mol. The number of amides is 1. The number of nitrogens with one attached hydrogen (secondary N) is 2. The molecule has 1 aliphatic heterocycles. The van der Waals surface area contributed by atoms with Gasteiger partial charge >= 0.3 is 0 Å². The molecular formula is C19H22ClIN4O. The summed E-state index contributed by atoms with van der Waals surface area (Å²) in [5.41, 5.74) is 3.28. The zero-order chi connectivity index (χ0) is 17.6. The number of benzene rings is 2. The summed E-state index contributed by atoms with van der Waals surface area (Å²) in [7, 11) is 1.68. The quantitative estimate of drug-likeness (QED) is 0.398. The molecule has 0 fully saturated rings. The zero-order valence-corrected chi connectivity index (χ0v) is 17.6. The van der Waals surface area contributed by atoms with Crippen LogP contribution in [-0.4, -0.2) is 32.0 Å². The molecule has 2 aromatic rings. The van der Waals surface area contributed by atoms with Crippen LogP contribution in [0.15, 0.2) is 53.5 Å². The van der Waals surface area contributed by atoms with Gasteiger partial charge in [0.1, 0.15) is 0 Å². The lowest BCUT2D eigenvalue weighted by atomic mass is 10.2. The molecule has 0 atom stereocenters. The first-order valence-corrected chi connectivity index (χ1v) is 8.62. The van der Waals surface area contributed by atoms with Crippen LogP contribution in [0, 0.1) is 0 Å². The molecule has 0 spiro atoms. The summed E-state index contributed by atoms with van der Waals surface area (Å²) < 4.78 is 0. The third kappa shape index (κ3) is 5.11. The van der Waals surface area contributed by atoms with Gasteiger partial charge in [-0.25, -0.2) is 0 Å². The van der Waals surface area contributed by atoms with Crippen LogP contribution in [0.4, 0.5) is 5.69 Å². The van der Waals surface area contributed by atoms with Crippen molar-refractivity contribution >= 4 is 53.1 Å². The fourth-order valence-electron chi connectivity index (χ4n) is 2.91. The zero-order valence-electron chi connectivity index (χ0n) is 14.5. The number of hydrogen-bond donors (Lipinski definition) is 2. The molecule has 26 heavy (non-hydrogen) atoms. The number of nitrogens with zero attached hydrogens (tertiary/aromatic N) is 2. The van der Waals surface area contributed by atoms with Gasteiger partial charge in [0.15, 0.2) is 5.96 Å². The number of rotatable bonds is 4. The Labute approximate surface area is 175 Å². The molecule has 2 N–H and O–H groups in total. The van der Waals surface area contributed by atoms with Gasteiger partial charge in [-0.2, -0.15) is 0 Å². The van der Waals surface area contributed by atoms with E-state index in [9.17, 15) is 4.79 Å². The maximum atomic E-state index is 12.5. The van der Waals surface area contributed by atoms with Crippen molar-refractivity contribution in [3.8, 4) is 0 Å². The van der Waals surface area contributed by atoms with Crippen molar-refractivity contribution < 1.29 is 4.79 Å². The van der Waals surface area contributed by atoms with Gasteiger partial charge in [0, 0.05) is 30.8 Å². The minimum absolute atomic E-state index is 0. The molecule has 0 saturated carbocycles. The van der Waals surface area contributed by atoms with Crippen molar-refractivity contribution in [2.45, 2.75) is 13.0 Å². The lowest BCUT2D eigenvalue weighted by Gasteiger charge is -2.19. The summed E-state index contributed by atoms with van der Waals surface area (Å²) >= 11 is 5.99. The van der Waals surface area contributed by atoms with Crippen LogP contribution < -0.4 is 15.5 Å². The summed E-state index contributed by atoms with van der Waals surface area (Å²) in [6, 6.07) is 15.7. The molecule has 2 aromatic carbocycles. The van der Waals surface area contributed by atoms with E-state index in [2.05, 4.69) is 21.7 Å². The predicted octanol–water partition coefficient (Wildman–Crippen LogP) is 3.21. The highest BCUT2D eigenvalue weighted by molar-refractivity contribution is 14.0. The normalized spacial score (nSPS) is 13.0. The second-order valence-corrected chi connectivity index (χ2v) is 6.27. The van der Waals surface area contributed by atoms with E-state index in [1.54, 1.807) is 7.05 Å². The molecule has 0 unspecified atom stereocenters. The number of para-hydroxylation sites is 1. The van der Waals surface area contributed by atoms with Gasteiger partial charge in [0.2, 0.25) is 5.91 Å². The van der Waals surface area contributed by atoms with Crippen LogP contribution in [0.5, 0.6) is 0 Å². The molecular weight excluding hydrogens is 463 g/mol. The van der Waals surface area contributed by atoms with E-state index in [-0.39, 0.29) is 36.4 Å². The van der Waals surface area contributed by atoms with Gasteiger partial charge in [-0.15, -0.1) is 24.0 Å². The van der Waals surface area contributed by atoms with Crippen molar-refractivity contribution in [1.82, 2.24) is 10.6 Å².